The highest BCUT2D eigenvalue weighted by Crippen LogP contribution is 2.20. The number of benzene rings is 2. The van der Waals surface area contributed by atoms with Crippen molar-refractivity contribution in [2.75, 3.05) is 7.05 Å². The first-order valence-electron chi connectivity index (χ1n) is 13.4. The van der Waals surface area contributed by atoms with E-state index in [0.717, 1.165) is 27.3 Å². The van der Waals surface area contributed by atoms with Crippen LogP contribution in [0.25, 0.3) is 11.3 Å². The molecule has 3 aromatic rings. The number of hydrogen-bond donors (Lipinski definition) is 4. The summed E-state index contributed by atoms with van der Waals surface area (Å²) in [7, 11) is 1.41. The fourth-order valence-electron chi connectivity index (χ4n) is 4.76. The summed E-state index contributed by atoms with van der Waals surface area (Å²) in [5.41, 5.74) is 10.2. The summed E-state index contributed by atoms with van der Waals surface area (Å²) < 4.78 is 0. The van der Waals surface area contributed by atoms with Gasteiger partial charge in [-0.15, -0.1) is 0 Å². The van der Waals surface area contributed by atoms with Crippen LogP contribution >= 0.6 is 0 Å². The smallest absolute Gasteiger partial charge is 0.407 e. The second-order valence-electron chi connectivity index (χ2n) is 10.2. The van der Waals surface area contributed by atoms with Gasteiger partial charge in [0.15, 0.2) is 0 Å². The van der Waals surface area contributed by atoms with Gasteiger partial charge in [-0.3, -0.25) is 14.7 Å². The minimum atomic E-state index is -1.16. The Balaban J connectivity index is 1.79. The average molecular weight is 533 g/mol. The van der Waals surface area contributed by atoms with E-state index in [9.17, 15) is 19.8 Å². The van der Waals surface area contributed by atoms with Gasteiger partial charge in [-0.1, -0.05) is 80.9 Å². The van der Waals surface area contributed by atoms with Crippen molar-refractivity contribution in [3.63, 3.8) is 0 Å². The highest BCUT2D eigenvalue weighted by molar-refractivity contribution is 5.85. The number of nitrogens with zero attached hydrogens (tertiary/aromatic N) is 2. The number of carbonyl (C=O) groups excluding carboxylic acids is 1. The number of nitrogens with two attached hydrogens (primary N) is 1. The molecular weight excluding hydrogens is 492 g/mol. The first kappa shape index (κ1) is 29.8. The highest BCUT2D eigenvalue weighted by Gasteiger charge is 2.33. The number of hydrogen-bond acceptors (Lipinski definition) is 5. The van der Waals surface area contributed by atoms with Gasteiger partial charge in [0.05, 0.1) is 11.8 Å². The van der Waals surface area contributed by atoms with Crippen molar-refractivity contribution in [3.05, 3.63) is 90.1 Å². The first-order chi connectivity index (χ1) is 18.7. The number of pyridine rings is 1. The third-order valence-corrected chi connectivity index (χ3v) is 7.25. The number of likely N-dealkylation sites (N-methyl/N-ethyl adjacent to an activating group) is 1. The first-order valence-corrected chi connectivity index (χ1v) is 13.4. The van der Waals surface area contributed by atoms with E-state index in [4.69, 9.17) is 5.73 Å². The molecule has 0 unspecified atom stereocenters. The van der Waals surface area contributed by atoms with Gasteiger partial charge in [0.25, 0.3) is 0 Å². The van der Waals surface area contributed by atoms with E-state index in [2.05, 4.69) is 10.3 Å². The molecule has 8 heteroatoms. The summed E-state index contributed by atoms with van der Waals surface area (Å²) in [6, 6.07) is 21.6. The summed E-state index contributed by atoms with van der Waals surface area (Å²) in [5, 5.41) is 23.7. The van der Waals surface area contributed by atoms with Crippen LogP contribution in [0.5, 0.6) is 0 Å². The lowest BCUT2D eigenvalue weighted by atomic mass is 9.92. The quantitative estimate of drug-likeness (QED) is 0.262. The van der Waals surface area contributed by atoms with Crippen molar-refractivity contribution in [3.8, 4) is 11.3 Å². The second-order valence-corrected chi connectivity index (χ2v) is 10.2. The topological polar surface area (TPSA) is 129 Å². The van der Waals surface area contributed by atoms with Crippen molar-refractivity contribution in [2.45, 2.75) is 63.8 Å². The van der Waals surface area contributed by atoms with Crippen LogP contribution in [0.1, 0.15) is 37.8 Å². The Labute approximate surface area is 230 Å². The average Bonchev–Trinajstić information content (AvgIpc) is 2.94. The third-order valence-electron chi connectivity index (χ3n) is 7.25. The molecule has 0 aliphatic heterocycles. The fourth-order valence-corrected chi connectivity index (χ4v) is 4.76. The van der Waals surface area contributed by atoms with Crippen LogP contribution < -0.4 is 11.1 Å². The van der Waals surface area contributed by atoms with Crippen LogP contribution in [0, 0.1) is 5.92 Å². The molecule has 0 aliphatic rings. The van der Waals surface area contributed by atoms with Gasteiger partial charge in [-0.25, -0.2) is 4.79 Å². The molecule has 0 saturated heterocycles. The molecule has 2 aromatic carbocycles. The molecule has 0 saturated carbocycles. The summed E-state index contributed by atoms with van der Waals surface area (Å²) in [4.78, 5) is 30.6. The van der Waals surface area contributed by atoms with Crippen molar-refractivity contribution >= 4 is 12.0 Å². The van der Waals surface area contributed by atoms with Gasteiger partial charge in [-0.05, 0) is 48.4 Å². The van der Waals surface area contributed by atoms with E-state index >= 15 is 0 Å². The molecule has 208 valence electrons. The zero-order valence-electron chi connectivity index (χ0n) is 22.9. The van der Waals surface area contributed by atoms with E-state index in [1.807, 2.05) is 86.6 Å². The zero-order chi connectivity index (χ0) is 28.4. The molecule has 0 fully saturated rings. The Morgan fingerprint density at radius 1 is 0.974 bits per heavy atom. The number of carboxylic acid groups (broad SMARTS) is 1. The lowest BCUT2D eigenvalue weighted by Crippen LogP contribution is -2.54. The Hall–Kier alpha value is -3.75. The number of aromatic nitrogens is 1. The number of nitrogens with one attached hydrogen (secondary N) is 1. The van der Waals surface area contributed by atoms with E-state index < -0.39 is 30.3 Å². The highest BCUT2D eigenvalue weighted by atomic mass is 16.4. The maximum Gasteiger partial charge on any atom is 0.407 e. The van der Waals surface area contributed by atoms with E-state index in [1.54, 1.807) is 6.20 Å². The van der Waals surface area contributed by atoms with Gasteiger partial charge >= 0.3 is 6.09 Å². The van der Waals surface area contributed by atoms with Crippen LogP contribution in [0.15, 0.2) is 79.0 Å². The predicted molar refractivity (Wildman–Crippen MR) is 153 cm³/mol. The van der Waals surface area contributed by atoms with Gasteiger partial charge < -0.3 is 21.3 Å². The molecule has 0 aliphatic carbocycles. The van der Waals surface area contributed by atoms with Crippen LogP contribution in [0.3, 0.4) is 0 Å². The molecule has 5 N–H and O–H groups in total. The molecule has 5 atom stereocenters. The zero-order valence-corrected chi connectivity index (χ0v) is 22.9. The maximum absolute atomic E-state index is 13.4. The molecule has 8 nitrogen and oxygen atoms in total. The Morgan fingerprint density at radius 2 is 1.62 bits per heavy atom. The Kier molecular flexibility index (Phi) is 11.0. The number of rotatable bonds is 13. The summed E-state index contributed by atoms with van der Waals surface area (Å²) in [6.45, 7) is 3.78. The number of aliphatic hydroxyl groups is 1. The minimum Gasteiger partial charge on any atom is -0.465 e. The molecule has 1 aromatic heterocycles. The molecule has 39 heavy (non-hydrogen) atoms. The van der Waals surface area contributed by atoms with Crippen LogP contribution in [0.2, 0.25) is 0 Å². The van der Waals surface area contributed by atoms with Crippen molar-refractivity contribution < 1.29 is 19.8 Å². The molecule has 0 radical (unpaired) electrons. The van der Waals surface area contributed by atoms with E-state index in [-0.39, 0.29) is 18.2 Å². The monoisotopic (exact) mass is 532 g/mol. The fraction of sp³-hybridized carbons (Fsp3) is 0.387. The van der Waals surface area contributed by atoms with Gasteiger partial charge in [0.1, 0.15) is 6.04 Å². The molecule has 3 rings (SSSR count). The van der Waals surface area contributed by atoms with Crippen LogP contribution in [-0.4, -0.2) is 63.4 Å². The maximum atomic E-state index is 13.4. The SMILES string of the molecule is CC[C@H](C)[C@@H](C(=O)N[C@@H](Cc1ccc(-c2ccccn2)cc1)C[C@H](O)[C@@H](N)Cc1ccccc1)N(C)C(=O)O. The minimum absolute atomic E-state index is 0.185. The Bertz CT molecular complexity index is 1170. The molecule has 0 spiro atoms. The second kappa shape index (κ2) is 14.4. The lowest BCUT2D eigenvalue weighted by molar-refractivity contribution is -0.128. The van der Waals surface area contributed by atoms with Crippen molar-refractivity contribution in [2.24, 2.45) is 11.7 Å². The normalized spacial score (nSPS) is 15.0. The molecular formula is C31H40N4O4. The standard InChI is InChI=1S/C31H40N4O4/c1-4-21(2)29(35(3)31(38)39)30(37)34-25(20-28(36)26(32)19-22-10-6-5-7-11-22)18-23-13-15-24(16-14-23)27-12-8-9-17-33-27/h5-17,21,25-26,28-29,36H,4,18-20,32H2,1-3H3,(H,34,37)(H,38,39)/t21-,25-,26-,28-,29-/m0/s1. The number of aliphatic hydroxyl groups excluding tert-OH is 1. The van der Waals surface area contributed by atoms with Crippen LogP contribution in [0.4, 0.5) is 4.79 Å². The van der Waals surface area contributed by atoms with E-state index in [0.29, 0.717) is 19.3 Å². The predicted octanol–water partition coefficient (Wildman–Crippen LogP) is 4.12. The largest absolute Gasteiger partial charge is 0.465 e. The number of carbonyl (C=O) groups is 2. The third kappa shape index (κ3) is 8.63. The molecule has 2 amide bonds. The summed E-state index contributed by atoms with van der Waals surface area (Å²) >= 11 is 0. The molecule has 1 heterocycles. The lowest BCUT2D eigenvalue weighted by Gasteiger charge is -2.32. The summed E-state index contributed by atoms with van der Waals surface area (Å²) in [5.74, 6) is -0.567. The van der Waals surface area contributed by atoms with Crippen LogP contribution in [-0.2, 0) is 17.6 Å². The Morgan fingerprint density at radius 3 is 2.21 bits per heavy atom. The van der Waals surface area contributed by atoms with Crippen molar-refractivity contribution in [1.82, 2.24) is 15.2 Å². The summed E-state index contributed by atoms with van der Waals surface area (Å²) in [6.07, 6.45) is 1.53. The molecule has 0 bridgehead atoms. The van der Waals surface area contributed by atoms with Gasteiger partial charge in [0, 0.05) is 30.9 Å². The van der Waals surface area contributed by atoms with Gasteiger partial charge in [-0.2, -0.15) is 0 Å². The van der Waals surface area contributed by atoms with Gasteiger partial charge in [0.2, 0.25) is 5.91 Å². The van der Waals surface area contributed by atoms with Crippen molar-refractivity contribution in [1.29, 1.82) is 0 Å². The number of amides is 2. The van der Waals surface area contributed by atoms with E-state index in [1.165, 1.54) is 7.05 Å².